The van der Waals surface area contributed by atoms with Crippen LogP contribution in [-0.4, -0.2) is 16.6 Å². The van der Waals surface area contributed by atoms with Crippen LogP contribution < -0.4 is 5.32 Å². The molecule has 108 valence electrons. The molecule has 0 aliphatic rings. The van der Waals surface area contributed by atoms with Gasteiger partial charge in [-0.15, -0.1) is 0 Å². The van der Waals surface area contributed by atoms with Crippen LogP contribution in [0, 0.1) is 5.82 Å². The van der Waals surface area contributed by atoms with E-state index in [1.807, 2.05) is 0 Å². The number of thiazole rings is 1. The molecule has 0 radical (unpaired) electrons. The average Bonchev–Trinajstić information content (AvgIpc) is 2.84. The Balaban J connectivity index is 1.97. The Labute approximate surface area is 115 Å². The number of hydrogen-bond acceptors (Lipinski definition) is 4. The van der Waals surface area contributed by atoms with Crippen molar-refractivity contribution >= 4 is 16.5 Å². The zero-order valence-electron chi connectivity index (χ0n) is 9.99. The van der Waals surface area contributed by atoms with Crippen LogP contribution in [0.2, 0.25) is 0 Å². The van der Waals surface area contributed by atoms with Gasteiger partial charge >= 0.3 is 6.18 Å². The Morgan fingerprint density at radius 2 is 2.10 bits per heavy atom. The molecule has 8 heteroatoms. The van der Waals surface area contributed by atoms with Crippen LogP contribution in [0.15, 0.2) is 30.5 Å². The fourth-order valence-electron chi connectivity index (χ4n) is 1.50. The molecule has 1 aromatic heterocycles. The third kappa shape index (κ3) is 3.67. The Hall–Kier alpha value is -1.67. The first kappa shape index (κ1) is 14.7. The summed E-state index contributed by atoms with van der Waals surface area (Å²) < 4.78 is 50.0. The van der Waals surface area contributed by atoms with Gasteiger partial charge in [0.2, 0.25) is 0 Å². The molecular formula is C12H10F4N2OS. The zero-order valence-corrected chi connectivity index (χ0v) is 10.8. The monoisotopic (exact) mass is 306 g/mol. The minimum atomic E-state index is -4.43. The molecule has 1 heterocycles. The summed E-state index contributed by atoms with van der Waals surface area (Å²) in [5, 5.41) is 12.4. The lowest BCUT2D eigenvalue weighted by Crippen LogP contribution is -2.12. The van der Waals surface area contributed by atoms with Crippen LogP contribution in [0.3, 0.4) is 0 Å². The predicted molar refractivity (Wildman–Crippen MR) is 67.0 cm³/mol. The minimum Gasteiger partial charge on any atom is -0.387 e. The van der Waals surface area contributed by atoms with Gasteiger partial charge in [0.05, 0.1) is 12.3 Å². The van der Waals surface area contributed by atoms with Crippen molar-refractivity contribution in [1.82, 2.24) is 4.98 Å². The predicted octanol–water partition coefficient (Wildman–Crippen LogP) is 3.45. The number of halogens is 4. The molecule has 2 aromatic rings. The number of aliphatic hydroxyl groups is 1. The lowest BCUT2D eigenvalue weighted by atomic mass is 10.1. The summed E-state index contributed by atoms with van der Waals surface area (Å²) in [7, 11) is 0. The summed E-state index contributed by atoms with van der Waals surface area (Å²) in [5.41, 5.74) is 0.338. The molecule has 0 bridgehead atoms. The molecule has 0 spiro atoms. The molecule has 1 unspecified atom stereocenters. The maximum absolute atomic E-state index is 13.0. The van der Waals surface area contributed by atoms with E-state index in [0.29, 0.717) is 16.9 Å². The van der Waals surface area contributed by atoms with E-state index < -0.39 is 23.0 Å². The van der Waals surface area contributed by atoms with E-state index in [9.17, 15) is 22.7 Å². The van der Waals surface area contributed by atoms with Crippen molar-refractivity contribution in [3.63, 3.8) is 0 Å². The normalized spacial score (nSPS) is 13.2. The van der Waals surface area contributed by atoms with Crippen LogP contribution >= 0.6 is 11.3 Å². The lowest BCUT2D eigenvalue weighted by molar-refractivity contribution is -0.134. The molecule has 0 fully saturated rings. The van der Waals surface area contributed by atoms with Crippen molar-refractivity contribution in [3.8, 4) is 0 Å². The van der Waals surface area contributed by atoms with Gasteiger partial charge in [0.25, 0.3) is 0 Å². The van der Waals surface area contributed by atoms with Crippen molar-refractivity contribution in [2.45, 2.75) is 12.3 Å². The van der Waals surface area contributed by atoms with Gasteiger partial charge < -0.3 is 10.4 Å². The number of nitrogens with zero attached hydrogens (tertiary/aromatic N) is 1. The smallest absolute Gasteiger partial charge is 0.387 e. The number of aliphatic hydroxyl groups excluding tert-OH is 1. The molecule has 0 aliphatic carbocycles. The Kier molecular flexibility index (Phi) is 4.24. The highest BCUT2D eigenvalue weighted by atomic mass is 32.1. The highest BCUT2D eigenvalue weighted by Crippen LogP contribution is 2.35. The van der Waals surface area contributed by atoms with Gasteiger partial charge in [0, 0.05) is 6.54 Å². The first-order chi connectivity index (χ1) is 9.36. The van der Waals surface area contributed by atoms with E-state index in [2.05, 4.69) is 10.3 Å². The van der Waals surface area contributed by atoms with Crippen LogP contribution in [0.5, 0.6) is 0 Å². The average molecular weight is 306 g/mol. The number of nitrogens with one attached hydrogen (secondary N) is 1. The van der Waals surface area contributed by atoms with E-state index in [4.69, 9.17) is 0 Å². The summed E-state index contributed by atoms with van der Waals surface area (Å²) >= 11 is 0.448. The van der Waals surface area contributed by atoms with Crippen LogP contribution in [0.25, 0.3) is 0 Å². The fraction of sp³-hybridized carbons (Fsp3) is 0.250. The molecule has 3 nitrogen and oxygen atoms in total. The van der Waals surface area contributed by atoms with Gasteiger partial charge in [0.15, 0.2) is 5.13 Å². The first-order valence-electron chi connectivity index (χ1n) is 5.56. The quantitative estimate of drug-likeness (QED) is 0.851. The summed E-state index contributed by atoms with van der Waals surface area (Å²) in [4.78, 5) is 2.75. The second kappa shape index (κ2) is 5.76. The van der Waals surface area contributed by atoms with Crippen LogP contribution in [0.4, 0.5) is 22.7 Å². The zero-order chi connectivity index (χ0) is 14.8. The van der Waals surface area contributed by atoms with Crippen LogP contribution in [0.1, 0.15) is 16.5 Å². The van der Waals surface area contributed by atoms with Gasteiger partial charge in [-0.3, -0.25) is 0 Å². The molecule has 1 atom stereocenters. The van der Waals surface area contributed by atoms with Crippen LogP contribution in [-0.2, 0) is 6.18 Å². The number of aromatic nitrogens is 1. The summed E-state index contributed by atoms with van der Waals surface area (Å²) in [6.07, 6.45) is -4.75. The number of benzene rings is 1. The number of alkyl halides is 3. The molecule has 0 aliphatic heterocycles. The topological polar surface area (TPSA) is 45.1 Å². The molecule has 0 saturated carbocycles. The van der Waals surface area contributed by atoms with Gasteiger partial charge in [-0.05, 0) is 17.7 Å². The van der Waals surface area contributed by atoms with Crippen molar-refractivity contribution < 1.29 is 22.7 Å². The number of rotatable bonds is 4. The highest BCUT2D eigenvalue weighted by molar-refractivity contribution is 7.15. The van der Waals surface area contributed by atoms with E-state index in [1.54, 1.807) is 0 Å². The van der Waals surface area contributed by atoms with Gasteiger partial charge in [-0.1, -0.05) is 23.5 Å². The summed E-state index contributed by atoms with van der Waals surface area (Å²) in [5.74, 6) is -0.491. The highest BCUT2D eigenvalue weighted by Gasteiger charge is 2.33. The SMILES string of the molecule is OC(CNc1ncc(C(F)(F)F)s1)c1cccc(F)c1. The third-order valence-electron chi connectivity index (χ3n) is 2.47. The molecule has 2 N–H and O–H groups in total. The maximum Gasteiger partial charge on any atom is 0.427 e. The van der Waals surface area contributed by atoms with Gasteiger partial charge in [-0.25, -0.2) is 9.37 Å². The lowest BCUT2D eigenvalue weighted by Gasteiger charge is -2.11. The van der Waals surface area contributed by atoms with Crippen molar-refractivity contribution in [2.75, 3.05) is 11.9 Å². The Morgan fingerprint density at radius 3 is 2.70 bits per heavy atom. The minimum absolute atomic E-state index is 0.0489. The second-order valence-electron chi connectivity index (χ2n) is 3.98. The fourth-order valence-corrected chi connectivity index (χ4v) is 2.19. The molecule has 0 amide bonds. The first-order valence-corrected chi connectivity index (χ1v) is 6.38. The number of hydrogen-bond donors (Lipinski definition) is 2. The maximum atomic E-state index is 13.0. The third-order valence-corrected chi connectivity index (χ3v) is 3.47. The van der Waals surface area contributed by atoms with Crippen molar-refractivity contribution in [3.05, 3.63) is 46.7 Å². The molecule has 20 heavy (non-hydrogen) atoms. The molecule has 1 aromatic carbocycles. The van der Waals surface area contributed by atoms with E-state index in [0.717, 1.165) is 12.3 Å². The van der Waals surface area contributed by atoms with Gasteiger partial charge in [-0.2, -0.15) is 13.2 Å². The Morgan fingerprint density at radius 1 is 1.35 bits per heavy atom. The Bertz CT molecular complexity index is 585. The summed E-state index contributed by atoms with van der Waals surface area (Å²) in [6.45, 7) is -0.0612. The van der Waals surface area contributed by atoms with E-state index >= 15 is 0 Å². The van der Waals surface area contributed by atoms with E-state index in [1.165, 1.54) is 18.2 Å². The van der Waals surface area contributed by atoms with Crippen molar-refractivity contribution in [1.29, 1.82) is 0 Å². The van der Waals surface area contributed by atoms with Crippen molar-refractivity contribution in [2.24, 2.45) is 0 Å². The standard InChI is InChI=1S/C12H10F4N2OS/c13-8-3-1-2-7(4-8)9(19)5-17-11-18-6-10(20-11)12(14,15)16/h1-4,6,9,19H,5H2,(H,17,18). The molecule has 2 rings (SSSR count). The number of anilines is 1. The van der Waals surface area contributed by atoms with E-state index in [-0.39, 0.29) is 11.7 Å². The molecular weight excluding hydrogens is 296 g/mol. The second-order valence-corrected chi connectivity index (χ2v) is 5.01. The molecule has 0 saturated heterocycles. The summed E-state index contributed by atoms with van der Waals surface area (Å²) in [6, 6.07) is 5.37. The van der Waals surface area contributed by atoms with Gasteiger partial charge in [0.1, 0.15) is 10.7 Å². The largest absolute Gasteiger partial charge is 0.427 e.